The molecular formula is C40H31Cl2IN2O6. The van der Waals surface area contributed by atoms with E-state index in [9.17, 15) is 19.5 Å². The van der Waals surface area contributed by atoms with Crippen LogP contribution in [-0.4, -0.2) is 47.9 Å². The van der Waals surface area contributed by atoms with E-state index in [1.54, 1.807) is 34.1 Å². The molecule has 5 aromatic rings. The number of nitrogens with zero attached hydrogens (tertiary/aromatic N) is 2. The number of rotatable bonds is 6. The Hall–Kier alpha value is -4.06. The van der Waals surface area contributed by atoms with Crippen molar-refractivity contribution >= 4 is 96.7 Å². The molecule has 8 nitrogen and oxygen atoms in total. The number of phenolic OH excluding ortho intramolecular Hbond substituents is 1. The van der Waals surface area contributed by atoms with E-state index in [1.165, 1.54) is 0 Å². The minimum atomic E-state index is -0.882. The Morgan fingerprint density at radius 2 is 1.20 bits per heavy atom. The van der Waals surface area contributed by atoms with E-state index in [0.29, 0.717) is 61.2 Å². The van der Waals surface area contributed by atoms with Gasteiger partial charge >= 0.3 is 6.16 Å². The van der Waals surface area contributed by atoms with E-state index in [-0.39, 0.29) is 35.1 Å². The highest BCUT2D eigenvalue weighted by Crippen LogP contribution is 2.75. The summed E-state index contributed by atoms with van der Waals surface area (Å²) in [4.78, 5) is 45.3. The van der Waals surface area contributed by atoms with Gasteiger partial charge in [-0.05, 0) is 88.0 Å². The van der Waals surface area contributed by atoms with Gasteiger partial charge in [-0.1, -0.05) is 48.5 Å². The van der Waals surface area contributed by atoms with Gasteiger partial charge in [0.2, 0.25) is 11.8 Å². The molecule has 2 atom stereocenters. The van der Waals surface area contributed by atoms with Crippen LogP contribution >= 0.6 is 45.8 Å². The summed E-state index contributed by atoms with van der Waals surface area (Å²) in [6, 6.07) is 25.7. The van der Waals surface area contributed by atoms with Gasteiger partial charge in [0.1, 0.15) is 17.2 Å². The number of fused-ring (bicyclic) bond motifs is 6. The molecule has 3 aliphatic carbocycles. The molecule has 0 saturated heterocycles. The second kappa shape index (κ2) is 12.0. The first kappa shape index (κ1) is 32.8. The fourth-order valence-electron chi connectivity index (χ4n) is 9.08. The van der Waals surface area contributed by atoms with Crippen LogP contribution in [0, 0.1) is 14.4 Å². The zero-order chi connectivity index (χ0) is 35.2. The number of carbonyl (C=O) groups is 3. The third-order valence-corrected chi connectivity index (χ3v) is 12.7. The fraction of sp³-hybridized carbons (Fsp3) is 0.275. The van der Waals surface area contributed by atoms with E-state index in [1.807, 2.05) is 60.7 Å². The lowest BCUT2D eigenvalue weighted by Crippen LogP contribution is -2.73. The molecule has 0 unspecified atom stereocenters. The first-order valence-electron chi connectivity index (χ1n) is 16.9. The highest BCUT2D eigenvalue weighted by Gasteiger charge is 2.76. The lowest BCUT2D eigenvalue weighted by atomic mass is 9.34. The summed E-state index contributed by atoms with van der Waals surface area (Å²) in [7, 11) is 0. The maximum absolute atomic E-state index is 14.5. The minimum Gasteiger partial charge on any atom is -0.507 e. The van der Waals surface area contributed by atoms with Gasteiger partial charge in [0, 0.05) is 63.2 Å². The second-order valence-corrected chi connectivity index (χ2v) is 16.1. The molecule has 10 rings (SSSR count). The van der Waals surface area contributed by atoms with Crippen LogP contribution in [0.15, 0.2) is 84.9 Å². The van der Waals surface area contributed by atoms with E-state index < -0.39 is 17.0 Å². The summed E-state index contributed by atoms with van der Waals surface area (Å²) in [5.41, 5.74) is 1.98. The molecule has 5 aromatic carbocycles. The van der Waals surface area contributed by atoms with Crippen LogP contribution < -0.4 is 19.3 Å². The van der Waals surface area contributed by atoms with Crippen molar-refractivity contribution in [3.8, 4) is 17.2 Å². The van der Waals surface area contributed by atoms with Crippen molar-refractivity contribution in [3.63, 3.8) is 0 Å². The van der Waals surface area contributed by atoms with Gasteiger partial charge in [0.25, 0.3) is 0 Å². The topological polar surface area (TPSA) is 96.4 Å². The predicted octanol–water partition coefficient (Wildman–Crippen LogP) is 9.09. The monoisotopic (exact) mass is 832 g/mol. The van der Waals surface area contributed by atoms with Crippen LogP contribution in [0.2, 0.25) is 0 Å². The fourth-order valence-corrected chi connectivity index (χ4v) is 9.95. The largest absolute Gasteiger partial charge is 0.519 e. The van der Waals surface area contributed by atoms with Crippen molar-refractivity contribution in [2.24, 2.45) is 10.8 Å². The Morgan fingerprint density at radius 3 is 1.75 bits per heavy atom. The number of halogens is 3. The number of hydrogen-bond donors (Lipinski definition) is 1. The number of phenols is 1. The van der Waals surface area contributed by atoms with E-state index in [0.717, 1.165) is 36.2 Å². The molecule has 0 aromatic heterocycles. The maximum Gasteiger partial charge on any atom is 0.519 e. The number of benzene rings is 5. The molecule has 2 heterocycles. The van der Waals surface area contributed by atoms with Gasteiger partial charge in [-0.25, -0.2) is 4.79 Å². The van der Waals surface area contributed by atoms with E-state index in [2.05, 4.69) is 22.6 Å². The van der Waals surface area contributed by atoms with E-state index >= 15 is 0 Å². The SMILES string of the molecule is O=C(Oc1ccc(I)cc1)Oc1cc2c(c3ccccc13)[C@H](CCl)CN2C(=O)C12CC(C(=O)N3C[C@@H](CCl)c4c3cc(O)c3ccccc43)(C1)C2. The number of amides is 2. The Balaban J connectivity index is 0.987. The van der Waals surface area contributed by atoms with Gasteiger partial charge in [-0.15, -0.1) is 23.2 Å². The van der Waals surface area contributed by atoms with Crippen molar-refractivity contribution in [2.45, 2.75) is 31.1 Å². The predicted molar refractivity (Wildman–Crippen MR) is 206 cm³/mol. The highest BCUT2D eigenvalue weighted by molar-refractivity contribution is 14.1. The summed E-state index contributed by atoms with van der Waals surface area (Å²) in [5, 5.41) is 14.1. The molecule has 2 bridgehead atoms. The lowest BCUT2D eigenvalue weighted by Gasteiger charge is -2.69. The number of hydrogen-bond acceptors (Lipinski definition) is 6. The maximum atomic E-state index is 14.5. The number of carbonyl (C=O) groups excluding carboxylic acids is 3. The zero-order valence-corrected chi connectivity index (χ0v) is 30.9. The molecule has 2 amide bonds. The second-order valence-electron chi connectivity index (χ2n) is 14.3. The van der Waals surface area contributed by atoms with Crippen LogP contribution in [0.5, 0.6) is 17.2 Å². The van der Waals surface area contributed by atoms with Gasteiger partial charge in [0.15, 0.2) is 0 Å². The molecule has 1 N–H and O–H groups in total. The van der Waals surface area contributed by atoms with Crippen molar-refractivity contribution in [1.82, 2.24) is 0 Å². The number of anilines is 2. The normalized spacial score (nSPS) is 24.1. The summed E-state index contributed by atoms with van der Waals surface area (Å²) < 4.78 is 12.3. The Kier molecular flexibility index (Phi) is 7.72. The molecule has 0 spiro atoms. The quantitative estimate of drug-likeness (QED) is 0.0795. The van der Waals surface area contributed by atoms with Gasteiger partial charge in [-0.2, -0.15) is 0 Å². The molecular weight excluding hydrogens is 802 g/mol. The van der Waals surface area contributed by atoms with Crippen molar-refractivity contribution in [2.75, 3.05) is 34.6 Å². The van der Waals surface area contributed by atoms with Crippen LogP contribution in [0.1, 0.15) is 42.2 Å². The van der Waals surface area contributed by atoms with Crippen molar-refractivity contribution in [1.29, 1.82) is 0 Å². The summed E-state index contributed by atoms with van der Waals surface area (Å²) >= 11 is 15.1. The molecule has 3 saturated carbocycles. The number of ether oxygens (including phenoxy) is 2. The van der Waals surface area contributed by atoms with Gasteiger partial charge < -0.3 is 24.4 Å². The average Bonchev–Trinajstić information content (AvgIpc) is 3.67. The molecule has 258 valence electrons. The van der Waals surface area contributed by atoms with Gasteiger partial charge in [-0.3, -0.25) is 9.59 Å². The highest BCUT2D eigenvalue weighted by atomic mass is 127. The molecule has 3 fully saturated rings. The minimum absolute atomic E-state index is 0.0190. The van der Waals surface area contributed by atoms with E-state index in [4.69, 9.17) is 32.7 Å². The third kappa shape index (κ3) is 4.94. The molecule has 0 radical (unpaired) electrons. The molecule has 11 heteroatoms. The smallest absolute Gasteiger partial charge is 0.507 e. The Morgan fingerprint density at radius 1 is 0.706 bits per heavy atom. The number of aromatic hydroxyl groups is 1. The zero-order valence-electron chi connectivity index (χ0n) is 27.2. The summed E-state index contributed by atoms with van der Waals surface area (Å²) in [6.45, 7) is 0.830. The summed E-state index contributed by atoms with van der Waals surface area (Å²) in [6.07, 6.45) is 0.467. The van der Waals surface area contributed by atoms with Crippen molar-refractivity contribution < 1.29 is 29.0 Å². The molecule has 2 aliphatic heterocycles. The lowest BCUT2D eigenvalue weighted by molar-refractivity contribution is -0.204. The third-order valence-electron chi connectivity index (χ3n) is 11.3. The Labute approximate surface area is 317 Å². The Bertz CT molecular complexity index is 2290. The van der Waals surface area contributed by atoms with Crippen LogP contribution in [-0.2, 0) is 9.59 Å². The van der Waals surface area contributed by atoms with Gasteiger partial charge in [0.05, 0.1) is 22.2 Å². The molecule has 5 aliphatic rings. The van der Waals surface area contributed by atoms with Crippen LogP contribution in [0.25, 0.3) is 21.5 Å². The molecule has 51 heavy (non-hydrogen) atoms. The first-order valence-corrected chi connectivity index (χ1v) is 19.0. The standard InChI is InChI=1S/C40H31Cl2IN2O6/c41-15-22-17-44(30-13-32(46)26-5-1-3-7-28(26)34(22)30)36(47)39-19-40(20-39,21-39)37(48)45-18-23(16-42)35-29-8-4-2-6-27(29)33(14-31(35)45)51-38(49)50-25-11-9-24(43)10-12-25/h1-14,22-23,46H,15-21H2/t22-,23-,39?,40?/m1/s1. The number of alkyl halides is 2. The average molecular weight is 834 g/mol. The van der Waals surface area contributed by atoms with Crippen LogP contribution in [0.3, 0.4) is 0 Å². The summed E-state index contributed by atoms with van der Waals surface area (Å²) in [5.74, 6) is 1.18. The van der Waals surface area contributed by atoms with Crippen LogP contribution in [0.4, 0.5) is 16.2 Å². The first-order chi connectivity index (χ1) is 24.6. The van der Waals surface area contributed by atoms with Crippen molar-refractivity contribution in [3.05, 3.63) is 99.6 Å².